The standard InChI is InChI=1S/C17H18O.H3N/c1-3-13-5-9-15(10-6-13)17(18)16-11-7-14(4-2)8-12-16;/h5-12H,3-4H2,1-2H3;1H3. The second-order valence-electron chi connectivity index (χ2n) is 4.43. The van der Waals surface area contributed by atoms with Crippen LogP contribution in [0.4, 0.5) is 0 Å². The highest BCUT2D eigenvalue weighted by molar-refractivity contribution is 6.08. The number of benzene rings is 2. The average Bonchev–Trinajstić information content (AvgIpc) is 2.47. The first-order valence-electron chi connectivity index (χ1n) is 6.47. The van der Waals surface area contributed by atoms with Crippen LogP contribution in [0.2, 0.25) is 0 Å². The molecule has 0 heterocycles. The summed E-state index contributed by atoms with van der Waals surface area (Å²) in [5, 5.41) is 0. The number of carbonyl (C=O) groups is 1. The zero-order valence-corrected chi connectivity index (χ0v) is 11.6. The lowest BCUT2D eigenvalue weighted by molar-refractivity contribution is 0.103. The number of aryl methyl sites for hydroxylation is 2. The lowest BCUT2D eigenvalue weighted by Crippen LogP contribution is -2.01. The molecule has 3 N–H and O–H groups in total. The van der Waals surface area contributed by atoms with Crippen LogP contribution in [0, 0.1) is 0 Å². The average molecular weight is 255 g/mol. The van der Waals surface area contributed by atoms with Gasteiger partial charge in [-0.15, -0.1) is 0 Å². The second-order valence-corrected chi connectivity index (χ2v) is 4.43. The first kappa shape index (κ1) is 15.1. The molecule has 100 valence electrons. The zero-order valence-electron chi connectivity index (χ0n) is 11.6. The van der Waals surface area contributed by atoms with Gasteiger partial charge in [0.05, 0.1) is 0 Å². The van der Waals surface area contributed by atoms with Gasteiger partial charge in [-0.05, 0) is 24.0 Å². The molecule has 2 heteroatoms. The fraction of sp³-hybridized carbons (Fsp3) is 0.235. The Bertz CT molecular complexity index is 477. The molecule has 2 aromatic rings. The van der Waals surface area contributed by atoms with Crippen LogP contribution in [0.3, 0.4) is 0 Å². The molecule has 0 aliphatic rings. The molecule has 0 aliphatic heterocycles. The molecule has 0 saturated carbocycles. The molecule has 0 fully saturated rings. The van der Waals surface area contributed by atoms with E-state index in [4.69, 9.17) is 0 Å². The summed E-state index contributed by atoms with van der Waals surface area (Å²) >= 11 is 0. The van der Waals surface area contributed by atoms with Gasteiger partial charge in [-0.25, -0.2) is 0 Å². The lowest BCUT2D eigenvalue weighted by atomic mass is 10.00. The summed E-state index contributed by atoms with van der Waals surface area (Å²) in [4.78, 5) is 12.2. The monoisotopic (exact) mass is 255 g/mol. The van der Waals surface area contributed by atoms with Gasteiger partial charge in [0.1, 0.15) is 0 Å². The molecule has 2 rings (SSSR count). The van der Waals surface area contributed by atoms with Crippen molar-refractivity contribution >= 4 is 5.78 Å². The molecule has 0 bridgehead atoms. The number of carbonyl (C=O) groups excluding carboxylic acids is 1. The van der Waals surface area contributed by atoms with Gasteiger partial charge in [0.15, 0.2) is 5.78 Å². The topological polar surface area (TPSA) is 52.1 Å². The molecule has 0 unspecified atom stereocenters. The fourth-order valence-corrected chi connectivity index (χ4v) is 1.95. The van der Waals surface area contributed by atoms with Gasteiger partial charge in [0, 0.05) is 11.1 Å². The van der Waals surface area contributed by atoms with Crippen LogP contribution in [0.5, 0.6) is 0 Å². The SMILES string of the molecule is CCc1ccc(C(=O)c2ccc(CC)cc2)cc1.N. The number of hydrogen-bond acceptors (Lipinski definition) is 2. The van der Waals surface area contributed by atoms with E-state index in [1.807, 2.05) is 48.5 Å². The Morgan fingerprint density at radius 2 is 1.05 bits per heavy atom. The van der Waals surface area contributed by atoms with E-state index in [2.05, 4.69) is 13.8 Å². The molecule has 0 aliphatic carbocycles. The van der Waals surface area contributed by atoms with Crippen molar-refractivity contribution in [3.8, 4) is 0 Å². The van der Waals surface area contributed by atoms with Gasteiger partial charge in [-0.2, -0.15) is 0 Å². The highest BCUT2D eigenvalue weighted by atomic mass is 16.1. The summed E-state index contributed by atoms with van der Waals surface area (Å²) < 4.78 is 0. The molecule has 0 saturated heterocycles. The van der Waals surface area contributed by atoms with Crippen molar-refractivity contribution < 1.29 is 4.79 Å². The van der Waals surface area contributed by atoms with Crippen molar-refractivity contribution in [3.05, 3.63) is 70.8 Å². The highest BCUT2D eigenvalue weighted by Gasteiger charge is 2.08. The van der Waals surface area contributed by atoms with E-state index >= 15 is 0 Å². The van der Waals surface area contributed by atoms with Gasteiger partial charge < -0.3 is 6.15 Å². The Morgan fingerprint density at radius 3 is 1.32 bits per heavy atom. The van der Waals surface area contributed by atoms with Crippen molar-refractivity contribution in [3.63, 3.8) is 0 Å². The zero-order chi connectivity index (χ0) is 13.0. The second kappa shape index (κ2) is 6.86. The minimum absolute atomic E-state index is 0. The summed E-state index contributed by atoms with van der Waals surface area (Å²) in [6, 6.07) is 15.7. The first-order chi connectivity index (χ1) is 8.74. The van der Waals surface area contributed by atoms with E-state index in [0.29, 0.717) is 0 Å². The van der Waals surface area contributed by atoms with E-state index in [0.717, 1.165) is 24.0 Å². The van der Waals surface area contributed by atoms with E-state index in [1.54, 1.807) is 0 Å². The molecule has 0 atom stereocenters. The van der Waals surface area contributed by atoms with Crippen LogP contribution in [0.25, 0.3) is 0 Å². The van der Waals surface area contributed by atoms with E-state index < -0.39 is 0 Å². The Hall–Kier alpha value is -1.93. The maximum absolute atomic E-state index is 12.2. The van der Waals surface area contributed by atoms with Crippen molar-refractivity contribution in [2.24, 2.45) is 0 Å². The predicted octanol–water partition coefficient (Wildman–Crippen LogP) is 4.20. The number of rotatable bonds is 4. The first-order valence-corrected chi connectivity index (χ1v) is 6.47. The maximum Gasteiger partial charge on any atom is 0.193 e. The van der Waals surface area contributed by atoms with Gasteiger partial charge in [-0.3, -0.25) is 4.79 Å². The molecule has 0 aromatic heterocycles. The predicted molar refractivity (Wildman–Crippen MR) is 80.1 cm³/mol. The van der Waals surface area contributed by atoms with Crippen molar-refractivity contribution in [2.75, 3.05) is 0 Å². The highest BCUT2D eigenvalue weighted by Crippen LogP contribution is 2.13. The van der Waals surface area contributed by atoms with Crippen molar-refractivity contribution in [1.29, 1.82) is 0 Å². The summed E-state index contributed by atoms with van der Waals surface area (Å²) in [5.41, 5.74) is 4.04. The van der Waals surface area contributed by atoms with Crippen LogP contribution in [0.15, 0.2) is 48.5 Å². The smallest absolute Gasteiger partial charge is 0.193 e. The Labute approximate surface area is 115 Å². The van der Waals surface area contributed by atoms with Gasteiger partial charge in [0.2, 0.25) is 0 Å². The molecule has 2 aromatic carbocycles. The molecule has 0 spiro atoms. The summed E-state index contributed by atoms with van der Waals surface area (Å²) in [7, 11) is 0. The number of ketones is 1. The van der Waals surface area contributed by atoms with Gasteiger partial charge in [0.25, 0.3) is 0 Å². The quantitative estimate of drug-likeness (QED) is 0.832. The molecule has 0 radical (unpaired) electrons. The third-order valence-electron chi connectivity index (χ3n) is 3.25. The molecule has 2 nitrogen and oxygen atoms in total. The maximum atomic E-state index is 12.2. The van der Waals surface area contributed by atoms with E-state index in [-0.39, 0.29) is 11.9 Å². The van der Waals surface area contributed by atoms with Crippen LogP contribution >= 0.6 is 0 Å². The Kier molecular flexibility index (Phi) is 5.46. The van der Waals surface area contributed by atoms with E-state index in [1.165, 1.54) is 11.1 Å². The third-order valence-corrected chi connectivity index (χ3v) is 3.25. The van der Waals surface area contributed by atoms with Crippen LogP contribution < -0.4 is 6.15 Å². The lowest BCUT2D eigenvalue weighted by Gasteiger charge is -2.03. The van der Waals surface area contributed by atoms with Gasteiger partial charge >= 0.3 is 0 Å². The molecule has 0 amide bonds. The Morgan fingerprint density at radius 1 is 0.737 bits per heavy atom. The third kappa shape index (κ3) is 3.52. The Balaban J connectivity index is 0.00000180. The van der Waals surface area contributed by atoms with Crippen LogP contribution in [-0.4, -0.2) is 5.78 Å². The van der Waals surface area contributed by atoms with Crippen molar-refractivity contribution in [2.45, 2.75) is 26.7 Å². The van der Waals surface area contributed by atoms with Crippen LogP contribution in [-0.2, 0) is 12.8 Å². The fourth-order valence-electron chi connectivity index (χ4n) is 1.95. The summed E-state index contributed by atoms with van der Waals surface area (Å²) in [6.07, 6.45) is 2.00. The van der Waals surface area contributed by atoms with Gasteiger partial charge in [-0.1, -0.05) is 62.4 Å². The van der Waals surface area contributed by atoms with E-state index in [9.17, 15) is 4.79 Å². The van der Waals surface area contributed by atoms with Crippen molar-refractivity contribution in [1.82, 2.24) is 6.15 Å². The molecular formula is C17H21NO. The summed E-state index contributed by atoms with van der Waals surface area (Å²) in [5.74, 6) is 0.0975. The largest absolute Gasteiger partial charge is 0.344 e. The molecule has 19 heavy (non-hydrogen) atoms. The summed E-state index contributed by atoms with van der Waals surface area (Å²) in [6.45, 7) is 4.22. The minimum Gasteiger partial charge on any atom is -0.344 e. The van der Waals surface area contributed by atoms with Crippen LogP contribution in [0.1, 0.15) is 40.9 Å². The molecular weight excluding hydrogens is 234 g/mol. The number of hydrogen-bond donors (Lipinski definition) is 1. The normalized spacial score (nSPS) is 9.79. The minimum atomic E-state index is 0.